The third-order valence-corrected chi connectivity index (χ3v) is 5.47. The molecule has 1 aliphatic heterocycles. The summed E-state index contributed by atoms with van der Waals surface area (Å²) < 4.78 is 12.7. The summed E-state index contributed by atoms with van der Waals surface area (Å²) >= 11 is 0. The summed E-state index contributed by atoms with van der Waals surface area (Å²) in [7, 11) is 3.33. The lowest BCUT2D eigenvalue weighted by molar-refractivity contribution is 0.0352. The molecule has 2 aromatic heterocycles. The maximum Gasteiger partial charge on any atom is 0.264 e. The number of rotatable bonds is 6. The minimum absolute atomic E-state index is 0.212. The first-order valence-electron chi connectivity index (χ1n) is 10.7. The van der Waals surface area contributed by atoms with Crippen molar-refractivity contribution in [2.75, 3.05) is 26.1 Å². The Morgan fingerprint density at radius 3 is 2.79 bits per heavy atom. The van der Waals surface area contributed by atoms with E-state index in [0.717, 1.165) is 11.1 Å². The summed E-state index contributed by atoms with van der Waals surface area (Å²) in [5.74, 6) is 1.08. The first-order valence-corrected chi connectivity index (χ1v) is 10.7. The first kappa shape index (κ1) is 22.3. The minimum atomic E-state index is -0.751. The van der Waals surface area contributed by atoms with Gasteiger partial charge in [0.1, 0.15) is 5.82 Å². The van der Waals surface area contributed by atoms with E-state index in [2.05, 4.69) is 15.6 Å². The van der Waals surface area contributed by atoms with Gasteiger partial charge in [-0.3, -0.25) is 9.36 Å². The molecule has 0 spiro atoms. The molecule has 0 saturated carbocycles. The van der Waals surface area contributed by atoms with Gasteiger partial charge >= 0.3 is 0 Å². The lowest BCUT2D eigenvalue weighted by Gasteiger charge is -2.34. The van der Waals surface area contributed by atoms with Crippen molar-refractivity contribution in [2.24, 2.45) is 0 Å². The van der Waals surface area contributed by atoms with E-state index < -0.39 is 5.72 Å². The highest BCUT2D eigenvalue weighted by Crippen LogP contribution is 2.32. The van der Waals surface area contributed by atoms with Crippen LogP contribution in [0, 0.1) is 5.41 Å². The Morgan fingerprint density at radius 2 is 2.12 bits per heavy atom. The van der Waals surface area contributed by atoms with Gasteiger partial charge in [-0.05, 0) is 49.8 Å². The monoisotopic (exact) mass is 445 g/mol. The Morgan fingerprint density at radius 1 is 1.30 bits per heavy atom. The second kappa shape index (κ2) is 8.91. The molecule has 0 aromatic carbocycles. The molecular weight excluding hydrogens is 418 g/mol. The number of nitrogens with zero attached hydrogens (tertiary/aromatic N) is 2. The predicted octanol–water partition coefficient (Wildman–Crippen LogP) is 3.51. The van der Waals surface area contributed by atoms with Crippen LogP contribution in [0.5, 0.6) is 5.88 Å². The Kier molecular flexibility index (Phi) is 6.02. The van der Waals surface area contributed by atoms with Gasteiger partial charge < -0.3 is 25.5 Å². The fourth-order valence-corrected chi connectivity index (χ4v) is 3.89. The van der Waals surface area contributed by atoms with Crippen LogP contribution in [0.2, 0.25) is 0 Å². The molecule has 170 valence electrons. The van der Waals surface area contributed by atoms with Gasteiger partial charge in [-0.1, -0.05) is 12.2 Å². The number of allylic oxidation sites excluding steroid dienone is 5. The highest BCUT2D eigenvalue weighted by atomic mass is 16.5. The van der Waals surface area contributed by atoms with Gasteiger partial charge in [-0.2, -0.15) is 0 Å². The predicted molar refractivity (Wildman–Crippen MR) is 131 cm³/mol. The lowest BCUT2D eigenvalue weighted by Crippen LogP contribution is -2.40. The van der Waals surface area contributed by atoms with Crippen LogP contribution in [-0.2, 0) is 4.74 Å². The zero-order chi connectivity index (χ0) is 23.6. The second-order valence-corrected chi connectivity index (χ2v) is 7.79. The van der Waals surface area contributed by atoms with Gasteiger partial charge in [0, 0.05) is 42.6 Å². The smallest absolute Gasteiger partial charge is 0.264 e. The number of anilines is 1. The second-order valence-electron chi connectivity index (χ2n) is 7.79. The topological polar surface area (TPSA) is 101 Å². The largest absolute Gasteiger partial charge is 0.481 e. The third kappa shape index (κ3) is 4.25. The number of hydrogen-bond donors (Lipinski definition) is 3. The average molecular weight is 446 g/mol. The molecule has 0 fully saturated rings. The molecule has 4 rings (SSSR count). The van der Waals surface area contributed by atoms with Gasteiger partial charge in [0.25, 0.3) is 5.56 Å². The van der Waals surface area contributed by atoms with Gasteiger partial charge in [-0.25, -0.2) is 4.98 Å². The van der Waals surface area contributed by atoms with Crippen LogP contribution >= 0.6 is 0 Å². The van der Waals surface area contributed by atoms with Crippen molar-refractivity contribution < 1.29 is 9.47 Å². The van der Waals surface area contributed by atoms with Gasteiger partial charge in [0.15, 0.2) is 5.72 Å². The summed E-state index contributed by atoms with van der Waals surface area (Å²) in [5, 5.41) is 14.5. The third-order valence-electron chi connectivity index (χ3n) is 5.47. The molecule has 1 aliphatic carbocycles. The van der Waals surface area contributed by atoms with Crippen LogP contribution in [0.4, 0.5) is 5.82 Å². The zero-order valence-electron chi connectivity index (χ0n) is 19.1. The number of nitrogens with one attached hydrogen (secondary N) is 3. The van der Waals surface area contributed by atoms with Crippen molar-refractivity contribution in [3.63, 3.8) is 0 Å². The van der Waals surface area contributed by atoms with Crippen LogP contribution in [-0.4, -0.2) is 41.8 Å². The fraction of sp³-hybridized carbons (Fsp3) is 0.240. The first-order chi connectivity index (χ1) is 15.9. The van der Waals surface area contributed by atoms with E-state index in [-0.39, 0.29) is 5.56 Å². The molecule has 3 N–H and O–H groups in total. The Balaban J connectivity index is 1.94. The quantitative estimate of drug-likeness (QED) is 0.629. The molecule has 33 heavy (non-hydrogen) atoms. The number of hydrogen-bond acceptors (Lipinski definition) is 7. The molecule has 0 amide bonds. The van der Waals surface area contributed by atoms with E-state index >= 15 is 0 Å². The zero-order valence-corrected chi connectivity index (χ0v) is 19.1. The number of aromatic nitrogens is 2. The number of methoxy groups -OCH3 is 1. The molecule has 0 bridgehead atoms. The van der Waals surface area contributed by atoms with E-state index in [4.69, 9.17) is 14.9 Å². The van der Waals surface area contributed by atoms with E-state index in [1.54, 1.807) is 55.4 Å². The summed E-state index contributed by atoms with van der Waals surface area (Å²) in [6.07, 6.45) is 12.6. The molecule has 0 radical (unpaired) electrons. The van der Waals surface area contributed by atoms with Crippen molar-refractivity contribution in [1.29, 1.82) is 5.41 Å². The molecule has 2 aromatic rings. The highest BCUT2D eigenvalue weighted by molar-refractivity contribution is 6.13. The van der Waals surface area contributed by atoms with Crippen molar-refractivity contribution in [1.82, 2.24) is 14.9 Å². The molecule has 8 nitrogen and oxygen atoms in total. The minimum Gasteiger partial charge on any atom is -0.481 e. The van der Waals surface area contributed by atoms with Crippen molar-refractivity contribution in [3.8, 4) is 11.6 Å². The standard InChI is InChI=1S/C25H27N5O3/c1-5-33-25(2)11-10-17-13-20(16-6-8-21(26)18(12-16)14-27-3)24(31)30(23(17)29-25)19-7-9-22(32-4)28-15-19/h6-15,26-27,29H,5H2,1-4H3/b18-14-,26-21?/t25-/m0/s1. The molecule has 3 heterocycles. The molecule has 0 unspecified atom stereocenters. The Labute approximate surface area is 192 Å². The van der Waals surface area contributed by atoms with Crippen molar-refractivity contribution in [3.05, 3.63) is 82.0 Å². The summed E-state index contributed by atoms with van der Waals surface area (Å²) in [6, 6.07) is 5.38. The molecular formula is C25H27N5O3. The number of pyridine rings is 2. The van der Waals surface area contributed by atoms with Gasteiger partial charge in [0.2, 0.25) is 5.88 Å². The Bertz CT molecular complexity index is 1270. The SMILES string of the molecule is CCO[C@@]1(C)C=Cc2cc(C3=C/C(=C/NC)C(=N)C=C3)c(=O)n(-c3ccc(OC)nc3)c2N1. The van der Waals surface area contributed by atoms with Gasteiger partial charge in [0.05, 0.1) is 24.7 Å². The summed E-state index contributed by atoms with van der Waals surface area (Å²) in [5.41, 5.74) is 2.78. The van der Waals surface area contributed by atoms with Crippen molar-refractivity contribution >= 4 is 23.2 Å². The van der Waals surface area contributed by atoms with Crippen molar-refractivity contribution in [2.45, 2.75) is 19.6 Å². The molecule has 8 heteroatoms. The fourth-order valence-electron chi connectivity index (χ4n) is 3.89. The normalized spacial score (nSPS) is 20.3. The summed E-state index contributed by atoms with van der Waals surface area (Å²) in [4.78, 5) is 18.1. The van der Waals surface area contributed by atoms with Crippen LogP contribution in [0.1, 0.15) is 25.0 Å². The molecule has 2 aliphatic rings. The molecule has 0 saturated heterocycles. The lowest BCUT2D eigenvalue weighted by atomic mass is 9.94. The maximum atomic E-state index is 13.8. The van der Waals surface area contributed by atoms with Gasteiger partial charge in [-0.15, -0.1) is 0 Å². The van der Waals surface area contributed by atoms with Crippen LogP contribution in [0.25, 0.3) is 17.3 Å². The van der Waals surface area contributed by atoms with Crippen LogP contribution in [0.15, 0.2) is 65.3 Å². The van der Waals surface area contributed by atoms with E-state index in [1.165, 1.54) is 0 Å². The van der Waals surface area contributed by atoms with E-state index in [0.29, 0.717) is 40.8 Å². The average Bonchev–Trinajstić information content (AvgIpc) is 2.81. The number of ether oxygens (including phenoxy) is 2. The van der Waals surface area contributed by atoms with E-state index in [9.17, 15) is 4.79 Å². The van der Waals surface area contributed by atoms with Crippen LogP contribution < -0.4 is 20.9 Å². The number of fused-ring (bicyclic) bond motifs is 1. The highest BCUT2D eigenvalue weighted by Gasteiger charge is 2.29. The molecule has 1 atom stereocenters. The maximum absolute atomic E-state index is 13.8. The van der Waals surface area contributed by atoms with Crippen LogP contribution in [0.3, 0.4) is 0 Å². The Hall–Kier alpha value is -3.91. The van der Waals surface area contributed by atoms with E-state index in [1.807, 2.05) is 38.1 Å². The summed E-state index contributed by atoms with van der Waals surface area (Å²) in [6.45, 7) is 4.35.